The lowest BCUT2D eigenvalue weighted by Gasteiger charge is -2.33. The van der Waals surface area contributed by atoms with Crippen molar-refractivity contribution < 1.29 is 24.2 Å². The molecule has 1 spiro atoms. The summed E-state index contributed by atoms with van der Waals surface area (Å²) in [5.41, 5.74) is 0.526. The number of aromatic nitrogens is 3. The molecule has 3 amide bonds. The van der Waals surface area contributed by atoms with Gasteiger partial charge in [0.05, 0.1) is 23.5 Å². The third-order valence-corrected chi connectivity index (χ3v) is 8.03. The first-order chi connectivity index (χ1) is 18.0. The van der Waals surface area contributed by atoms with E-state index in [1.165, 1.54) is 0 Å². The van der Waals surface area contributed by atoms with E-state index in [0.29, 0.717) is 38.8 Å². The maximum atomic E-state index is 13.8. The van der Waals surface area contributed by atoms with Crippen LogP contribution in [0.2, 0.25) is 0 Å². The van der Waals surface area contributed by atoms with E-state index in [0.717, 1.165) is 30.3 Å². The average molecular weight is 513 g/mol. The van der Waals surface area contributed by atoms with Crippen molar-refractivity contribution >= 4 is 28.8 Å². The molecule has 0 saturated carbocycles. The van der Waals surface area contributed by atoms with Crippen LogP contribution in [0.4, 0.5) is 0 Å². The molecular formula is C26H36N6O5. The molecule has 0 radical (unpaired) electrons. The second-order valence-corrected chi connectivity index (χ2v) is 10.3. The van der Waals surface area contributed by atoms with Crippen LogP contribution < -0.4 is 10.6 Å². The van der Waals surface area contributed by atoms with Crippen LogP contribution in [-0.2, 0) is 25.8 Å². The number of aliphatic hydroxyl groups excluding tert-OH is 1. The number of unbranched alkanes of at least 4 members (excludes halogenated alkanes) is 3. The lowest BCUT2D eigenvalue weighted by molar-refractivity contribution is -0.142. The Bertz CT molecular complexity index is 1150. The molecular weight excluding hydrogens is 476 g/mol. The van der Waals surface area contributed by atoms with E-state index in [-0.39, 0.29) is 37.1 Å². The highest BCUT2D eigenvalue weighted by Crippen LogP contribution is 2.58. The van der Waals surface area contributed by atoms with Gasteiger partial charge in [0.2, 0.25) is 17.7 Å². The Morgan fingerprint density at radius 1 is 1.16 bits per heavy atom. The van der Waals surface area contributed by atoms with E-state index in [9.17, 15) is 14.4 Å². The van der Waals surface area contributed by atoms with Crippen molar-refractivity contribution in [3.8, 4) is 0 Å². The minimum atomic E-state index is -1.00. The van der Waals surface area contributed by atoms with Crippen LogP contribution >= 0.6 is 0 Å². The maximum Gasteiger partial charge on any atom is 0.247 e. The van der Waals surface area contributed by atoms with Gasteiger partial charge < -0.3 is 25.4 Å². The Labute approximate surface area is 215 Å². The van der Waals surface area contributed by atoms with Crippen LogP contribution in [0.1, 0.15) is 51.9 Å². The predicted molar refractivity (Wildman–Crippen MR) is 134 cm³/mol. The fraction of sp³-hybridized carbons (Fsp3) is 0.654. The minimum Gasteiger partial charge on any atom is -0.396 e. The Kier molecular flexibility index (Phi) is 7.43. The Hall–Kier alpha value is -3.05. The van der Waals surface area contributed by atoms with Gasteiger partial charge in [0, 0.05) is 19.7 Å². The molecule has 3 aliphatic rings. The molecule has 3 aliphatic heterocycles. The van der Waals surface area contributed by atoms with Gasteiger partial charge in [-0.05, 0) is 44.2 Å². The summed E-state index contributed by atoms with van der Waals surface area (Å²) in [6.45, 7) is 3.18. The highest BCUT2D eigenvalue weighted by atomic mass is 16.5. The number of hydrogen-bond donors (Lipinski definition) is 3. The zero-order chi connectivity index (χ0) is 26.0. The van der Waals surface area contributed by atoms with E-state index < -0.39 is 23.5 Å². The number of hydrogen-bond acceptors (Lipinski definition) is 7. The number of benzene rings is 1. The number of carbonyl (C=O) groups excluding carboxylic acids is 3. The zero-order valence-corrected chi connectivity index (χ0v) is 21.3. The molecule has 200 valence electrons. The van der Waals surface area contributed by atoms with Crippen molar-refractivity contribution in [2.24, 2.45) is 11.8 Å². The average Bonchev–Trinajstić information content (AvgIpc) is 3.65. The number of para-hydroxylation sites is 1. The molecule has 2 aromatic rings. The van der Waals surface area contributed by atoms with Gasteiger partial charge in [0.15, 0.2) is 0 Å². The minimum absolute atomic E-state index is 0.110. The smallest absolute Gasteiger partial charge is 0.247 e. The summed E-state index contributed by atoms with van der Waals surface area (Å²) >= 11 is 0. The molecule has 3 fully saturated rings. The number of nitrogens with one attached hydrogen (secondary N) is 2. The summed E-state index contributed by atoms with van der Waals surface area (Å²) in [7, 11) is 0. The fourth-order valence-electron chi connectivity index (χ4n) is 6.39. The van der Waals surface area contributed by atoms with Gasteiger partial charge in [-0.3, -0.25) is 14.4 Å². The SMILES string of the molecule is CCCNC(=O)[C@@H]1[C@H]2C(=O)N(CCCCCCO)C(C(=O)NCn3nnc4ccccc43)C23CC[C@H]1O3. The summed E-state index contributed by atoms with van der Waals surface area (Å²) < 4.78 is 8.05. The quantitative estimate of drug-likeness (QED) is 0.360. The number of carbonyl (C=O) groups is 3. The topological polar surface area (TPSA) is 139 Å². The van der Waals surface area contributed by atoms with Gasteiger partial charge in [0.1, 0.15) is 23.8 Å². The highest BCUT2D eigenvalue weighted by Gasteiger charge is 2.74. The summed E-state index contributed by atoms with van der Waals surface area (Å²) in [6.07, 6.45) is 4.77. The number of nitrogens with zero attached hydrogens (tertiary/aromatic N) is 4. The van der Waals surface area contributed by atoms with E-state index in [1.54, 1.807) is 9.58 Å². The van der Waals surface area contributed by atoms with Gasteiger partial charge in [-0.25, -0.2) is 4.68 Å². The van der Waals surface area contributed by atoms with Gasteiger partial charge in [0.25, 0.3) is 0 Å². The number of likely N-dealkylation sites (tertiary alicyclic amines) is 1. The highest BCUT2D eigenvalue weighted by molar-refractivity contribution is 5.98. The summed E-state index contributed by atoms with van der Waals surface area (Å²) in [5.74, 6) is -1.89. The lowest BCUT2D eigenvalue weighted by Crippen LogP contribution is -2.55. The molecule has 5 atom stereocenters. The number of rotatable bonds is 12. The number of amides is 3. The van der Waals surface area contributed by atoms with Crippen molar-refractivity contribution in [3.05, 3.63) is 24.3 Å². The third-order valence-electron chi connectivity index (χ3n) is 8.03. The number of fused-ring (bicyclic) bond motifs is 2. The Morgan fingerprint density at radius 2 is 1.97 bits per heavy atom. The molecule has 4 heterocycles. The lowest BCUT2D eigenvalue weighted by atomic mass is 9.70. The molecule has 3 saturated heterocycles. The Balaban J connectivity index is 1.37. The van der Waals surface area contributed by atoms with Crippen LogP contribution in [0.15, 0.2) is 24.3 Å². The molecule has 2 bridgehead atoms. The van der Waals surface area contributed by atoms with Crippen molar-refractivity contribution in [3.63, 3.8) is 0 Å². The van der Waals surface area contributed by atoms with Crippen molar-refractivity contribution in [1.82, 2.24) is 30.5 Å². The molecule has 1 aromatic carbocycles. The van der Waals surface area contributed by atoms with Crippen LogP contribution in [0, 0.1) is 11.8 Å². The largest absolute Gasteiger partial charge is 0.396 e. The van der Waals surface area contributed by atoms with E-state index in [2.05, 4.69) is 20.9 Å². The normalized spacial score (nSPS) is 28.2. The third kappa shape index (κ3) is 4.48. The van der Waals surface area contributed by atoms with E-state index in [4.69, 9.17) is 9.84 Å². The van der Waals surface area contributed by atoms with Crippen LogP contribution in [0.3, 0.4) is 0 Å². The van der Waals surface area contributed by atoms with Crippen LogP contribution in [-0.4, -0.2) is 80.2 Å². The summed E-state index contributed by atoms with van der Waals surface area (Å²) in [6, 6.07) is 6.69. The second-order valence-electron chi connectivity index (χ2n) is 10.3. The molecule has 37 heavy (non-hydrogen) atoms. The molecule has 11 heteroatoms. The molecule has 1 aromatic heterocycles. The standard InChI is InChI=1S/C26H36N6O5/c1-2-13-27-23(34)20-19-11-12-26(37-19)21(20)25(36)31(14-7-3-4-8-15-33)22(26)24(35)28-16-32-18-10-6-5-9-17(18)29-30-32/h5-6,9-10,19-22,33H,2-4,7-8,11-16H2,1H3,(H,27,34)(H,28,35)/t19-,20+,21+,22?,26?/m1/s1. The van der Waals surface area contributed by atoms with Crippen molar-refractivity contribution in [2.45, 2.75) is 76.3 Å². The molecule has 0 aliphatic carbocycles. The zero-order valence-electron chi connectivity index (χ0n) is 21.3. The maximum absolute atomic E-state index is 13.8. The molecule has 5 rings (SSSR count). The van der Waals surface area contributed by atoms with Gasteiger partial charge in [-0.1, -0.05) is 37.1 Å². The fourth-order valence-corrected chi connectivity index (χ4v) is 6.39. The summed E-state index contributed by atoms with van der Waals surface area (Å²) in [5, 5.41) is 23.3. The van der Waals surface area contributed by atoms with Gasteiger partial charge in [-0.15, -0.1) is 5.10 Å². The van der Waals surface area contributed by atoms with Crippen LogP contribution in [0.5, 0.6) is 0 Å². The molecule has 11 nitrogen and oxygen atoms in total. The first kappa shape index (κ1) is 25.6. The van der Waals surface area contributed by atoms with E-state index in [1.807, 2.05) is 31.2 Å². The van der Waals surface area contributed by atoms with Crippen molar-refractivity contribution in [1.29, 1.82) is 0 Å². The number of ether oxygens (including phenoxy) is 1. The second kappa shape index (κ2) is 10.7. The van der Waals surface area contributed by atoms with Crippen LogP contribution in [0.25, 0.3) is 11.0 Å². The first-order valence-electron chi connectivity index (χ1n) is 13.4. The first-order valence-corrected chi connectivity index (χ1v) is 13.4. The molecule has 3 N–H and O–H groups in total. The monoisotopic (exact) mass is 512 g/mol. The number of aliphatic hydroxyl groups is 1. The molecule has 2 unspecified atom stereocenters. The predicted octanol–water partition coefficient (Wildman–Crippen LogP) is 0.959. The van der Waals surface area contributed by atoms with E-state index >= 15 is 0 Å². The Morgan fingerprint density at radius 3 is 2.78 bits per heavy atom. The van der Waals surface area contributed by atoms with Gasteiger partial charge >= 0.3 is 0 Å². The van der Waals surface area contributed by atoms with Gasteiger partial charge in [-0.2, -0.15) is 0 Å². The summed E-state index contributed by atoms with van der Waals surface area (Å²) in [4.78, 5) is 42.3. The van der Waals surface area contributed by atoms with Crippen molar-refractivity contribution in [2.75, 3.05) is 19.7 Å².